The summed E-state index contributed by atoms with van der Waals surface area (Å²) in [5.41, 5.74) is 5.73. The zero-order valence-electron chi connectivity index (χ0n) is 14.1. The minimum absolute atomic E-state index is 0.0110. The number of hydrogen-bond donors (Lipinski definition) is 2. The molecule has 1 fully saturated rings. The summed E-state index contributed by atoms with van der Waals surface area (Å²) in [5, 5.41) is 9.78. The molecule has 21 heavy (non-hydrogen) atoms. The molecule has 126 valence electrons. The Morgan fingerprint density at radius 1 is 0.857 bits per heavy atom. The average molecular weight is 299 g/mol. The van der Waals surface area contributed by atoms with Crippen molar-refractivity contribution >= 4 is 0 Å². The summed E-state index contributed by atoms with van der Waals surface area (Å²) in [6.07, 6.45) is 16.9. The van der Waals surface area contributed by atoms with Crippen molar-refractivity contribution in [3.8, 4) is 0 Å². The van der Waals surface area contributed by atoms with Crippen LogP contribution in [0.1, 0.15) is 90.4 Å². The molecule has 3 N–H and O–H groups in total. The highest BCUT2D eigenvalue weighted by Crippen LogP contribution is 2.19. The van der Waals surface area contributed by atoms with Crippen molar-refractivity contribution in [1.29, 1.82) is 0 Å². The van der Waals surface area contributed by atoms with Gasteiger partial charge in [-0.05, 0) is 6.42 Å². The molecule has 0 aromatic carbocycles. The average Bonchev–Trinajstić information content (AvgIpc) is 2.80. The lowest BCUT2D eigenvalue weighted by Gasteiger charge is -2.14. The normalized spacial score (nSPS) is 25.6. The number of ether oxygens (including phenoxy) is 1. The van der Waals surface area contributed by atoms with Gasteiger partial charge in [0.05, 0.1) is 24.9 Å². The van der Waals surface area contributed by atoms with Crippen LogP contribution in [0.25, 0.3) is 0 Å². The van der Waals surface area contributed by atoms with E-state index in [2.05, 4.69) is 6.92 Å². The third-order valence-electron chi connectivity index (χ3n) is 4.66. The fraction of sp³-hybridized carbons (Fsp3) is 1.00. The lowest BCUT2D eigenvalue weighted by molar-refractivity contribution is 0.0342. The second kappa shape index (κ2) is 12.4. The van der Waals surface area contributed by atoms with E-state index in [0.29, 0.717) is 6.61 Å². The highest BCUT2D eigenvalue weighted by atomic mass is 16.5. The first-order valence-electron chi connectivity index (χ1n) is 9.31. The Balaban J connectivity index is 1.77. The Bertz CT molecular complexity index is 235. The molecule has 0 aromatic heterocycles. The van der Waals surface area contributed by atoms with E-state index in [-0.39, 0.29) is 12.1 Å². The third kappa shape index (κ3) is 8.80. The van der Waals surface area contributed by atoms with Crippen LogP contribution in [-0.2, 0) is 4.74 Å². The van der Waals surface area contributed by atoms with E-state index in [4.69, 9.17) is 10.5 Å². The summed E-state index contributed by atoms with van der Waals surface area (Å²) in [5.74, 6) is 0. The second-order valence-corrected chi connectivity index (χ2v) is 6.70. The van der Waals surface area contributed by atoms with Crippen LogP contribution in [0.15, 0.2) is 0 Å². The van der Waals surface area contributed by atoms with Gasteiger partial charge in [-0.2, -0.15) is 0 Å². The van der Waals surface area contributed by atoms with Crippen molar-refractivity contribution in [1.82, 2.24) is 0 Å². The van der Waals surface area contributed by atoms with E-state index < -0.39 is 6.10 Å². The highest BCUT2D eigenvalue weighted by molar-refractivity contribution is 4.85. The smallest absolute Gasteiger partial charge is 0.0974 e. The first-order valence-corrected chi connectivity index (χ1v) is 9.31. The van der Waals surface area contributed by atoms with E-state index in [1.54, 1.807) is 0 Å². The van der Waals surface area contributed by atoms with Crippen LogP contribution in [0.2, 0.25) is 0 Å². The number of unbranched alkanes of at least 4 members (excludes halogenated alkanes) is 11. The number of hydrogen-bond acceptors (Lipinski definition) is 3. The molecule has 1 saturated heterocycles. The molecule has 3 heteroatoms. The van der Waals surface area contributed by atoms with Crippen LogP contribution >= 0.6 is 0 Å². The first-order chi connectivity index (χ1) is 10.3. The lowest BCUT2D eigenvalue weighted by atomic mass is 10.0. The van der Waals surface area contributed by atoms with Gasteiger partial charge >= 0.3 is 0 Å². The molecule has 0 aliphatic carbocycles. The molecule has 3 nitrogen and oxygen atoms in total. The van der Waals surface area contributed by atoms with Crippen molar-refractivity contribution in [3.63, 3.8) is 0 Å². The van der Waals surface area contributed by atoms with Gasteiger partial charge in [-0.15, -0.1) is 0 Å². The molecule has 3 atom stereocenters. The Morgan fingerprint density at radius 3 is 1.76 bits per heavy atom. The molecule has 0 radical (unpaired) electrons. The van der Waals surface area contributed by atoms with Crippen molar-refractivity contribution in [2.45, 2.75) is 109 Å². The number of aliphatic hydroxyl groups is 1. The van der Waals surface area contributed by atoms with Gasteiger partial charge < -0.3 is 15.6 Å². The molecular formula is C18H37NO2. The summed E-state index contributed by atoms with van der Waals surface area (Å²) in [4.78, 5) is 0. The molecule has 0 spiro atoms. The maximum Gasteiger partial charge on any atom is 0.0974 e. The molecule has 1 aliphatic heterocycles. The van der Waals surface area contributed by atoms with E-state index in [1.165, 1.54) is 70.6 Å². The SMILES string of the molecule is CCCCCCCCCCCCCC[C@H]1OC[C@@H](N)[C@@H]1O. The van der Waals surface area contributed by atoms with Gasteiger partial charge in [0.15, 0.2) is 0 Å². The highest BCUT2D eigenvalue weighted by Gasteiger charge is 2.32. The van der Waals surface area contributed by atoms with E-state index >= 15 is 0 Å². The monoisotopic (exact) mass is 299 g/mol. The number of aliphatic hydroxyl groups excluding tert-OH is 1. The molecule has 0 saturated carbocycles. The lowest BCUT2D eigenvalue weighted by Crippen LogP contribution is -2.36. The van der Waals surface area contributed by atoms with Crippen LogP contribution < -0.4 is 5.73 Å². The van der Waals surface area contributed by atoms with E-state index in [1.807, 2.05) is 0 Å². The Hall–Kier alpha value is -0.120. The minimum Gasteiger partial charge on any atom is -0.389 e. The second-order valence-electron chi connectivity index (χ2n) is 6.70. The summed E-state index contributed by atoms with van der Waals surface area (Å²) < 4.78 is 5.50. The Labute approximate surface area is 131 Å². The molecule has 0 amide bonds. The molecular weight excluding hydrogens is 262 g/mol. The van der Waals surface area contributed by atoms with Gasteiger partial charge in [-0.25, -0.2) is 0 Å². The number of nitrogens with two attached hydrogens (primary N) is 1. The molecule has 0 unspecified atom stereocenters. The zero-order chi connectivity index (χ0) is 15.3. The van der Waals surface area contributed by atoms with Crippen molar-refractivity contribution < 1.29 is 9.84 Å². The van der Waals surface area contributed by atoms with Gasteiger partial charge in [-0.1, -0.05) is 84.0 Å². The predicted octanol–water partition coefficient (Wildman–Crippen LogP) is 4.16. The van der Waals surface area contributed by atoms with Crippen LogP contribution in [0.4, 0.5) is 0 Å². The maximum absolute atomic E-state index is 9.78. The van der Waals surface area contributed by atoms with Gasteiger partial charge in [0.1, 0.15) is 0 Å². The topological polar surface area (TPSA) is 55.5 Å². The van der Waals surface area contributed by atoms with Gasteiger partial charge in [-0.3, -0.25) is 0 Å². The largest absolute Gasteiger partial charge is 0.389 e. The third-order valence-corrected chi connectivity index (χ3v) is 4.66. The fourth-order valence-corrected chi connectivity index (χ4v) is 3.15. The van der Waals surface area contributed by atoms with Crippen LogP contribution in [0, 0.1) is 0 Å². The minimum atomic E-state index is -0.447. The first kappa shape index (κ1) is 18.9. The van der Waals surface area contributed by atoms with Gasteiger partial charge in [0, 0.05) is 0 Å². The van der Waals surface area contributed by atoms with Crippen molar-refractivity contribution in [3.05, 3.63) is 0 Å². The van der Waals surface area contributed by atoms with Crippen molar-refractivity contribution in [2.75, 3.05) is 6.61 Å². The van der Waals surface area contributed by atoms with Gasteiger partial charge in [0.2, 0.25) is 0 Å². The van der Waals surface area contributed by atoms with Crippen LogP contribution in [0.5, 0.6) is 0 Å². The molecule has 1 aliphatic rings. The van der Waals surface area contributed by atoms with Crippen LogP contribution in [0.3, 0.4) is 0 Å². The fourth-order valence-electron chi connectivity index (χ4n) is 3.15. The Morgan fingerprint density at radius 2 is 1.33 bits per heavy atom. The van der Waals surface area contributed by atoms with Crippen molar-refractivity contribution in [2.24, 2.45) is 5.73 Å². The summed E-state index contributed by atoms with van der Waals surface area (Å²) >= 11 is 0. The summed E-state index contributed by atoms with van der Waals surface area (Å²) in [6.45, 7) is 2.79. The van der Waals surface area contributed by atoms with E-state index in [0.717, 1.165) is 12.8 Å². The quantitative estimate of drug-likeness (QED) is 0.502. The Kier molecular flexibility index (Phi) is 11.2. The maximum atomic E-state index is 9.78. The molecule has 0 bridgehead atoms. The molecule has 1 rings (SSSR count). The molecule has 1 heterocycles. The zero-order valence-corrected chi connectivity index (χ0v) is 14.1. The summed E-state index contributed by atoms with van der Waals surface area (Å²) in [7, 11) is 0. The molecule has 0 aromatic rings. The van der Waals surface area contributed by atoms with Gasteiger partial charge in [0.25, 0.3) is 0 Å². The standard InChI is InChI=1S/C18H37NO2/c1-2-3-4-5-6-7-8-9-10-11-12-13-14-17-18(20)16(19)15-21-17/h16-18,20H,2-15,19H2,1H3/t16-,17-,18+/m1/s1. The van der Waals surface area contributed by atoms with Crippen LogP contribution in [-0.4, -0.2) is 30.0 Å². The van der Waals surface area contributed by atoms with E-state index in [9.17, 15) is 5.11 Å². The predicted molar refractivity (Wildman–Crippen MR) is 89.4 cm³/mol. The summed E-state index contributed by atoms with van der Waals surface area (Å²) in [6, 6.07) is -0.174. The number of rotatable bonds is 13.